The summed E-state index contributed by atoms with van der Waals surface area (Å²) in [4.78, 5) is 27.4. The van der Waals surface area contributed by atoms with Crippen LogP contribution in [0.1, 0.15) is 19.3 Å². The van der Waals surface area contributed by atoms with Gasteiger partial charge in [-0.15, -0.1) is 23.4 Å². The van der Waals surface area contributed by atoms with Gasteiger partial charge in [-0.1, -0.05) is 0 Å². The third kappa shape index (κ3) is 2.88. The first-order chi connectivity index (χ1) is 8.24. The third-order valence-corrected chi connectivity index (χ3v) is 4.51. The molecule has 2 aliphatic rings. The molecule has 4 nitrogen and oxygen atoms in total. The monoisotopic (exact) mass is 276 g/mol. The summed E-state index contributed by atoms with van der Waals surface area (Å²) in [6, 6.07) is -0.288. The molecule has 0 radical (unpaired) electrons. The molecule has 1 atom stereocenters. The third-order valence-electron chi connectivity index (χ3n) is 3.27. The lowest BCUT2D eigenvalue weighted by molar-refractivity contribution is -0.142. The first-order valence-electron chi connectivity index (χ1n) is 5.96. The molecule has 2 fully saturated rings. The van der Waals surface area contributed by atoms with Gasteiger partial charge < -0.3 is 9.80 Å². The molecule has 0 aromatic heterocycles. The Bertz CT molecular complexity index is 308. The van der Waals surface area contributed by atoms with Crippen LogP contribution in [0.5, 0.6) is 0 Å². The summed E-state index contributed by atoms with van der Waals surface area (Å²) in [5.74, 6) is 1.23. The molecule has 2 saturated heterocycles. The minimum absolute atomic E-state index is 0.0374. The Balaban J connectivity index is 1.99. The Morgan fingerprint density at radius 1 is 1.24 bits per heavy atom. The van der Waals surface area contributed by atoms with E-state index in [-0.39, 0.29) is 23.7 Å². The van der Waals surface area contributed by atoms with Crippen LogP contribution in [0.4, 0.5) is 0 Å². The Morgan fingerprint density at radius 3 is 2.59 bits per heavy atom. The SMILES string of the molecule is O=C(C1CSCN1C(=O)CCl)N1CCCCC1. The largest absolute Gasteiger partial charge is 0.341 e. The Labute approximate surface area is 111 Å². The second kappa shape index (κ2) is 5.96. The number of rotatable bonds is 2. The number of alkyl halides is 1. The van der Waals surface area contributed by atoms with Crippen molar-refractivity contribution < 1.29 is 9.59 Å². The summed E-state index contributed by atoms with van der Waals surface area (Å²) in [6.07, 6.45) is 3.36. The van der Waals surface area contributed by atoms with Crippen molar-refractivity contribution in [1.29, 1.82) is 0 Å². The van der Waals surface area contributed by atoms with Gasteiger partial charge in [0.15, 0.2) is 0 Å². The molecule has 1 unspecified atom stereocenters. The van der Waals surface area contributed by atoms with Crippen LogP contribution in [0.25, 0.3) is 0 Å². The van der Waals surface area contributed by atoms with Gasteiger partial charge in [0.2, 0.25) is 11.8 Å². The number of halogens is 1. The number of likely N-dealkylation sites (tertiary alicyclic amines) is 1. The van der Waals surface area contributed by atoms with Gasteiger partial charge in [-0.05, 0) is 19.3 Å². The second-order valence-corrected chi connectivity index (χ2v) is 5.67. The van der Waals surface area contributed by atoms with Gasteiger partial charge in [0.1, 0.15) is 11.9 Å². The summed E-state index contributed by atoms with van der Waals surface area (Å²) in [6.45, 7) is 1.67. The standard InChI is InChI=1S/C11H17ClN2O2S/c12-6-10(15)14-8-17-7-9(14)11(16)13-4-2-1-3-5-13/h9H,1-8H2. The van der Waals surface area contributed by atoms with E-state index in [0.717, 1.165) is 25.9 Å². The first-order valence-corrected chi connectivity index (χ1v) is 7.65. The van der Waals surface area contributed by atoms with Gasteiger partial charge in [-0.3, -0.25) is 9.59 Å². The van der Waals surface area contributed by atoms with Gasteiger partial charge in [0.05, 0.1) is 5.88 Å². The molecule has 0 saturated carbocycles. The lowest BCUT2D eigenvalue weighted by atomic mass is 10.1. The molecule has 0 aliphatic carbocycles. The van der Waals surface area contributed by atoms with Crippen LogP contribution in [-0.4, -0.2) is 58.3 Å². The summed E-state index contributed by atoms with van der Waals surface area (Å²) < 4.78 is 0. The van der Waals surface area contributed by atoms with Crippen LogP contribution in [0, 0.1) is 0 Å². The van der Waals surface area contributed by atoms with Crippen molar-refractivity contribution >= 4 is 35.2 Å². The molecule has 2 aliphatic heterocycles. The Kier molecular flexibility index (Phi) is 4.56. The number of amides is 2. The van der Waals surface area contributed by atoms with E-state index in [2.05, 4.69) is 0 Å². The summed E-state index contributed by atoms with van der Waals surface area (Å²) in [5, 5.41) is 0. The van der Waals surface area contributed by atoms with Crippen molar-refractivity contribution in [3.8, 4) is 0 Å². The van der Waals surface area contributed by atoms with E-state index < -0.39 is 0 Å². The lowest BCUT2D eigenvalue weighted by Crippen LogP contribution is -2.50. The smallest absolute Gasteiger partial charge is 0.246 e. The predicted molar refractivity (Wildman–Crippen MR) is 69.1 cm³/mol. The molecule has 2 amide bonds. The molecule has 17 heavy (non-hydrogen) atoms. The molecule has 0 spiro atoms. The van der Waals surface area contributed by atoms with Crippen LogP contribution in [-0.2, 0) is 9.59 Å². The molecular weight excluding hydrogens is 260 g/mol. The average Bonchev–Trinajstić information content (AvgIpc) is 2.87. The van der Waals surface area contributed by atoms with E-state index in [1.807, 2.05) is 4.90 Å². The highest BCUT2D eigenvalue weighted by Gasteiger charge is 2.36. The number of thioether (sulfide) groups is 1. The van der Waals surface area contributed by atoms with Crippen LogP contribution in [0.3, 0.4) is 0 Å². The number of hydrogen-bond donors (Lipinski definition) is 0. The fourth-order valence-electron chi connectivity index (χ4n) is 2.29. The van der Waals surface area contributed by atoms with E-state index in [0.29, 0.717) is 11.6 Å². The highest BCUT2D eigenvalue weighted by Crippen LogP contribution is 2.24. The number of hydrogen-bond acceptors (Lipinski definition) is 3. The summed E-state index contributed by atoms with van der Waals surface area (Å²) >= 11 is 7.19. The molecule has 0 N–H and O–H groups in total. The molecule has 0 bridgehead atoms. The van der Waals surface area contributed by atoms with Crippen LogP contribution < -0.4 is 0 Å². The van der Waals surface area contributed by atoms with Crippen molar-refractivity contribution in [2.45, 2.75) is 25.3 Å². The fourth-order valence-corrected chi connectivity index (χ4v) is 3.62. The van der Waals surface area contributed by atoms with E-state index in [4.69, 9.17) is 11.6 Å². The van der Waals surface area contributed by atoms with E-state index in [1.165, 1.54) is 6.42 Å². The zero-order valence-electron chi connectivity index (χ0n) is 9.73. The van der Waals surface area contributed by atoms with Crippen LogP contribution >= 0.6 is 23.4 Å². The van der Waals surface area contributed by atoms with Crippen molar-refractivity contribution in [2.24, 2.45) is 0 Å². The quantitative estimate of drug-likeness (QED) is 0.710. The number of nitrogens with zero attached hydrogens (tertiary/aromatic N) is 2. The van der Waals surface area contributed by atoms with Gasteiger partial charge in [-0.25, -0.2) is 0 Å². The fraction of sp³-hybridized carbons (Fsp3) is 0.818. The van der Waals surface area contributed by atoms with E-state index in [1.54, 1.807) is 16.7 Å². The lowest BCUT2D eigenvalue weighted by Gasteiger charge is -2.32. The van der Waals surface area contributed by atoms with Gasteiger partial charge >= 0.3 is 0 Å². The van der Waals surface area contributed by atoms with Crippen molar-refractivity contribution in [3.05, 3.63) is 0 Å². The molecule has 6 heteroatoms. The zero-order valence-corrected chi connectivity index (χ0v) is 11.3. The highest BCUT2D eigenvalue weighted by atomic mass is 35.5. The first kappa shape index (κ1) is 13.0. The average molecular weight is 277 g/mol. The maximum Gasteiger partial charge on any atom is 0.246 e. The van der Waals surface area contributed by atoms with Gasteiger partial charge in [-0.2, -0.15) is 0 Å². The molecule has 2 heterocycles. The van der Waals surface area contributed by atoms with Gasteiger partial charge in [0.25, 0.3) is 0 Å². The molecule has 0 aromatic rings. The minimum Gasteiger partial charge on any atom is -0.341 e. The van der Waals surface area contributed by atoms with Crippen LogP contribution in [0.2, 0.25) is 0 Å². The number of carbonyl (C=O) groups excluding carboxylic acids is 2. The number of carbonyl (C=O) groups is 2. The normalized spacial score (nSPS) is 25.1. The predicted octanol–water partition coefficient (Wildman–Crippen LogP) is 1.14. The Morgan fingerprint density at radius 2 is 1.94 bits per heavy atom. The molecule has 96 valence electrons. The maximum absolute atomic E-state index is 12.3. The molecule has 0 aromatic carbocycles. The van der Waals surface area contributed by atoms with Crippen LogP contribution in [0.15, 0.2) is 0 Å². The topological polar surface area (TPSA) is 40.6 Å². The van der Waals surface area contributed by atoms with E-state index in [9.17, 15) is 9.59 Å². The van der Waals surface area contributed by atoms with Crippen molar-refractivity contribution in [3.63, 3.8) is 0 Å². The zero-order chi connectivity index (χ0) is 12.3. The van der Waals surface area contributed by atoms with Crippen molar-refractivity contribution in [2.75, 3.05) is 30.6 Å². The van der Waals surface area contributed by atoms with E-state index >= 15 is 0 Å². The maximum atomic E-state index is 12.3. The summed E-state index contributed by atoms with van der Waals surface area (Å²) in [5.41, 5.74) is 0. The Hall–Kier alpha value is -0.420. The van der Waals surface area contributed by atoms with Crippen molar-refractivity contribution in [1.82, 2.24) is 9.80 Å². The van der Waals surface area contributed by atoms with Gasteiger partial charge in [0, 0.05) is 18.8 Å². The second-order valence-electron chi connectivity index (χ2n) is 4.40. The molecular formula is C11H17ClN2O2S. The highest BCUT2D eigenvalue weighted by molar-refractivity contribution is 7.99. The number of piperidine rings is 1. The minimum atomic E-state index is -0.288. The molecule has 2 rings (SSSR count). The summed E-state index contributed by atoms with van der Waals surface area (Å²) in [7, 11) is 0.